The summed E-state index contributed by atoms with van der Waals surface area (Å²) < 4.78 is 0. The van der Waals surface area contributed by atoms with Crippen LogP contribution in [0.5, 0.6) is 0 Å². The third-order valence-corrected chi connectivity index (χ3v) is 2.66. The minimum absolute atomic E-state index is 0.0893. The van der Waals surface area contributed by atoms with E-state index >= 15 is 0 Å². The second-order valence-electron chi connectivity index (χ2n) is 3.89. The first-order valence-corrected chi connectivity index (χ1v) is 5.06. The Hall–Kier alpha value is -1.32. The number of aromatic nitrogens is 2. The van der Waals surface area contributed by atoms with Gasteiger partial charge in [0, 0.05) is 12.6 Å². The van der Waals surface area contributed by atoms with E-state index in [2.05, 4.69) is 15.3 Å². The number of hydrogen-bond acceptors (Lipinski definition) is 3. The average Bonchev–Trinajstić information content (AvgIpc) is 1.99. The van der Waals surface area contributed by atoms with Gasteiger partial charge in [-0.1, -0.05) is 6.42 Å². The fourth-order valence-corrected chi connectivity index (χ4v) is 1.62. The molecule has 1 aliphatic carbocycles. The van der Waals surface area contributed by atoms with Crippen LogP contribution in [0.15, 0.2) is 10.9 Å². The van der Waals surface area contributed by atoms with Crippen molar-refractivity contribution in [3.8, 4) is 0 Å². The van der Waals surface area contributed by atoms with E-state index < -0.39 is 0 Å². The molecule has 1 fully saturated rings. The summed E-state index contributed by atoms with van der Waals surface area (Å²) in [5.41, 5.74) is -0.0893. The molecule has 0 saturated heterocycles. The second kappa shape index (κ2) is 3.82. The molecule has 0 radical (unpaired) electrons. The maximum absolute atomic E-state index is 11.1. The molecular weight excluding hydrogens is 178 g/mol. The van der Waals surface area contributed by atoms with Crippen molar-refractivity contribution in [2.24, 2.45) is 5.92 Å². The number of hydrogen-bond donors (Lipinski definition) is 2. The van der Waals surface area contributed by atoms with Crippen molar-refractivity contribution >= 4 is 5.82 Å². The van der Waals surface area contributed by atoms with E-state index in [0.717, 1.165) is 12.5 Å². The highest BCUT2D eigenvalue weighted by Crippen LogP contribution is 2.25. The largest absolute Gasteiger partial charge is 0.370 e. The van der Waals surface area contributed by atoms with Crippen LogP contribution in [0.2, 0.25) is 0 Å². The van der Waals surface area contributed by atoms with Crippen LogP contribution in [-0.2, 0) is 0 Å². The zero-order valence-electron chi connectivity index (χ0n) is 8.34. The lowest BCUT2D eigenvalue weighted by molar-refractivity contribution is 0.333. The number of aryl methyl sites for hydroxylation is 1. The van der Waals surface area contributed by atoms with Gasteiger partial charge >= 0.3 is 0 Å². The Labute approximate surface area is 82.8 Å². The molecule has 0 unspecified atom stereocenters. The van der Waals surface area contributed by atoms with Gasteiger partial charge in [0.15, 0.2) is 0 Å². The van der Waals surface area contributed by atoms with Gasteiger partial charge in [0.1, 0.15) is 11.6 Å². The summed E-state index contributed by atoms with van der Waals surface area (Å²) >= 11 is 0. The lowest BCUT2D eigenvalue weighted by Crippen LogP contribution is -2.22. The van der Waals surface area contributed by atoms with Gasteiger partial charge in [0.05, 0.1) is 0 Å². The summed E-state index contributed by atoms with van der Waals surface area (Å²) in [5.74, 6) is 2.13. The molecule has 0 spiro atoms. The van der Waals surface area contributed by atoms with Gasteiger partial charge in [-0.05, 0) is 25.7 Å². The fraction of sp³-hybridized carbons (Fsp3) is 0.600. The molecule has 0 atom stereocenters. The predicted molar refractivity (Wildman–Crippen MR) is 55.4 cm³/mol. The number of nitrogens with one attached hydrogen (secondary N) is 2. The van der Waals surface area contributed by atoms with Gasteiger partial charge in [-0.15, -0.1) is 0 Å². The van der Waals surface area contributed by atoms with Crippen molar-refractivity contribution in [3.63, 3.8) is 0 Å². The van der Waals surface area contributed by atoms with E-state index in [9.17, 15) is 4.79 Å². The number of nitrogens with zero attached hydrogens (tertiary/aromatic N) is 1. The monoisotopic (exact) mass is 193 g/mol. The third-order valence-electron chi connectivity index (χ3n) is 2.66. The number of rotatable bonds is 3. The van der Waals surface area contributed by atoms with Crippen LogP contribution in [0.1, 0.15) is 25.1 Å². The maximum atomic E-state index is 11.1. The van der Waals surface area contributed by atoms with Gasteiger partial charge < -0.3 is 10.3 Å². The van der Waals surface area contributed by atoms with Crippen LogP contribution < -0.4 is 10.9 Å². The van der Waals surface area contributed by atoms with Crippen molar-refractivity contribution in [1.29, 1.82) is 0 Å². The third kappa shape index (κ3) is 2.13. The molecule has 2 N–H and O–H groups in total. The molecule has 0 aromatic carbocycles. The number of anilines is 1. The van der Waals surface area contributed by atoms with Crippen LogP contribution in [-0.4, -0.2) is 16.5 Å². The van der Waals surface area contributed by atoms with Crippen molar-refractivity contribution < 1.29 is 0 Å². The van der Waals surface area contributed by atoms with Crippen LogP contribution >= 0.6 is 0 Å². The summed E-state index contributed by atoms with van der Waals surface area (Å²) in [6.45, 7) is 2.73. The Morgan fingerprint density at radius 3 is 3.00 bits per heavy atom. The molecule has 76 valence electrons. The Bertz CT molecular complexity index is 368. The molecule has 1 aromatic rings. The molecular formula is C10H15N3O. The van der Waals surface area contributed by atoms with Gasteiger partial charge in [0.25, 0.3) is 5.56 Å². The van der Waals surface area contributed by atoms with Crippen LogP contribution in [0.25, 0.3) is 0 Å². The molecule has 0 bridgehead atoms. The van der Waals surface area contributed by atoms with E-state index in [1.807, 2.05) is 0 Å². The fourth-order valence-electron chi connectivity index (χ4n) is 1.62. The normalized spacial score (nSPS) is 16.4. The molecule has 4 heteroatoms. The van der Waals surface area contributed by atoms with Crippen LogP contribution in [0, 0.1) is 12.8 Å². The highest BCUT2D eigenvalue weighted by Gasteiger charge is 2.16. The summed E-state index contributed by atoms with van der Waals surface area (Å²) in [4.78, 5) is 17.9. The molecule has 14 heavy (non-hydrogen) atoms. The topological polar surface area (TPSA) is 57.8 Å². The Morgan fingerprint density at radius 1 is 1.64 bits per heavy atom. The smallest absolute Gasteiger partial charge is 0.252 e. The molecule has 1 saturated carbocycles. The first-order valence-electron chi connectivity index (χ1n) is 5.06. The molecule has 0 amide bonds. The van der Waals surface area contributed by atoms with Crippen molar-refractivity contribution in [1.82, 2.24) is 9.97 Å². The van der Waals surface area contributed by atoms with Crippen LogP contribution in [0.3, 0.4) is 0 Å². The Balaban J connectivity index is 1.97. The van der Waals surface area contributed by atoms with Crippen LogP contribution in [0.4, 0.5) is 5.82 Å². The first kappa shape index (κ1) is 9.24. The Kier molecular flexibility index (Phi) is 2.52. The average molecular weight is 193 g/mol. The minimum atomic E-state index is -0.0893. The maximum Gasteiger partial charge on any atom is 0.252 e. The summed E-state index contributed by atoms with van der Waals surface area (Å²) in [7, 11) is 0. The van der Waals surface area contributed by atoms with E-state index in [4.69, 9.17) is 0 Å². The molecule has 0 aliphatic heterocycles. The molecule has 1 aromatic heterocycles. The lowest BCUT2D eigenvalue weighted by atomic mass is 9.85. The van der Waals surface area contributed by atoms with Gasteiger partial charge in [-0.2, -0.15) is 0 Å². The zero-order chi connectivity index (χ0) is 9.97. The van der Waals surface area contributed by atoms with E-state index in [1.165, 1.54) is 25.3 Å². The predicted octanol–water partition coefficient (Wildman–Crippen LogP) is 1.29. The number of aromatic amines is 1. The standard InChI is InChI=1S/C10H15N3O/c1-7-12-9(5-10(14)13-7)11-6-8-3-2-4-8/h5,8H,2-4,6H2,1H3,(H2,11,12,13,14). The molecule has 2 rings (SSSR count). The first-order chi connectivity index (χ1) is 6.74. The molecule has 1 heterocycles. The van der Waals surface area contributed by atoms with Gasteiger partial charge in [-0.3, -0.25) is 4.79 Å². The summed E-state index contributed by atoms with van der Waals surface area (Å²) in [6, 6.07) is 1.51. The summed E-state index contributed by atoms with van der Waals surface area (Å²) in [6.07, 6.45) is 3.94. The lowest BCUT2D eigenvalue weighted by Gasteiger charge is -2.25. The van der Waals surface area contributed by atoms with Crippen molar-refractivity contribution in [2.75, 3.05) is 11.9 Å². The molecule has 4 nitrogen and oxygen atoms in total. The summed E-state index contributed by atoms with van der Waals surface area (Å²) in [5, 5.41) is 3.20. The molecule has 1 aliphatic rings. The quantitative estimate of drug-likeness (QED) is 0.760. The SMILES string of the molecule is Cc1nc(NCC2CCC2)cc(=O)[nH]1. The Morgan fingerprint density at radius 2 is 2.43 bits per heavy atom. The minimum Gasteiger partial charge on any atom is -0.370 e. The second-order valence-corrected chi connectivity index (χ2v) is 3.89. The van der Waals surface area contributed by atoms with E-state index in [0.29, 0.717) is 11.6 Å². The highest BCUT2D eigenvalue weighted by atomic mass is 16.1. The van der Waals surface area contributed by atoms with Crippen molar-refractivity contribution in [2.45, 2.75) is 26.2 Å². The zero-order valence-corrected chi connectivity index (χ0v) is 8.34. The number of H-pyrrole nitrogens is 1. The van der Waals surface area contributed by atoms with Gasteiger partial charge in [-0.25, -0.2) is 4.98 Å². The van der Waals surface area contributed by atoms with E-state index in [-0.39, 0.29) is 5.56 Å². The van der Waals surface area contributed by atoms with Gasteiger partial charge in [0.2, 0.25) is 0 Å². The highest BCUT2D eigenvalue weighted by molar-refractivity contribution is 5.32. The van der Waals surface area contributed by atoms with Crippen molar-refractivity contribution in [3.05, 3.63) is 22.2 Å². The van der Waals surface area contributed by atoms with E-state index in [1.54, 1.807) is 6.92 Å².